The number of carbonyl (C=O) groups is 1. The Hall–Kier alpha value is -3.47. The van der Waals surface area contributed by atoms with Gasteiger partial charge in [-0.1, -0.05) is 6.07 Å². The molecule has 4 aromatic rings. The summed E-state index contributed by atoms with van der Waals surface area (Å²) in [6.07, 6.45) is 1.44. The highest BCUT2D eigenvalue weighted by molar-refractivity contribution is 7.12. The van der Waals surface area contributed by atoms with E-state index in [1.807, 2.05) is 17.5 Å². The minimum atomic E-state index is -0.244. The van der Waals surface area contributed by atoms with Gasteiger partial charge in [0.05, 0.1) is 11.4 Å². The number of benzene rings is 1. The van der Waals surface area contributed by atoms with E-state index in [4.69, 9.17) is 0 Å². The van der Waals surface area contributed by atoms with E-state index in [0.717, 1.165) is 5.69 Å². The third-order valence-electron chi connectivity index (χ3n) is 3.42. The van der Waals surface area contributed by atoms with Crippen molar-refractivity contribution >= 4 is 22.9 Å². The number of nitrogens with zero attached hydrogens (tertiary/aromatic N) is 8. The molecule has 124 valence electrons. The Balaban J connectivity index is 1.60. The van der Waals surface area contributed by atoms with Gasteiger partial charge in [0.25, 0.3) is 5.91 Å². The fourth-order valence-corrected chi connectivity index (χ4v) is 3.07. The monoisotopic (exact) mass is 353 g/mol. The zero-order valence-corrected chi connectivity index (χ0v) is 13.8. The molecule has 3 heterocycles. The normalized spacial score (nSPS) is 10.8. The van der Waals surface area contributed by atoms with Gasteiger partial charge < -0.3 is 5.32 Å². The molecule has 0 unspecified atom stereocenters. The molecule has 3 aromatic heterocycles. The van der Waals surface area contributed by atoms with Crippen LogP contribution in [-0.4, -0.2) is 46.3 Å². The lowest BCUT2D eigenvalue weighted by Gasteiger charge is -2.08. The van der Waals surface area contributed by atoms with Crippen LogP contribution in [0.5, 0.6) is 0 Å². The van der Waals surface area contributed by atoms with Gasteiger partial charge in [0, 0.05) is 5.69 Å². The average molecular weight is 353 g/mol. The Bertz CT molecular complexity index is 1020. The van der Waals surface area contributed by atoms with Gasteiger partial charge in [-0.25, -0.2) is 0 Å². The third kappa shape index (κ3) is 2.87. The Morgan fingerprint density at radius 3 is 2.88 bits per heavy atom. The predicted octanol–water partition coefficient (Wildman–Crippen LogP) is 1.26. The van der Waals surface area contributed by atoms with Crippen molar-refractivity contribution < 1.29 is 4.79 Å². The molecule has 0 spiro atoms. The van der Waals surface area contributed by atoms with Crippen LogP contribution < -0.4 is 5.32 Å². The fourth-order valence-electron chi connectivity index (χ4n) is 2.30. The lowest BCUT2D eigenvalue weighted by molar-refractivity contribution is 0.103. The van der Waals surface area contributed by atoms with E-state index in [0.29, 0.717) is 22.1 Å². The summed E-state index contributed by atoms with van der Waals surface area (Å²) in [6.45, 7) is 1.80. The van der Waals surface area contributed by atoms with Gasteiger partial charge in [-0.2, -0.15) is 9.36 Å². The van der Waals surface area contributed by atoms with Gasteiger partial charge in [-0.3, -0.25) is 4.79 Å². The van der Waals surface area contributed by atoms with Gasteiger partial charge in [-0.15, -0.1) is 21.5 Å². The topological polar surface area (TPSA) is 116 Å². The lowest BCUT2D eigenvalue weighted by atomic mass is 10.2. The summed E-state index contributed by atoms with van der Waals surface area (Å²) in [5, 5.41) is 27.1. The van der Waals surface area contributed by atoms with Crippen molar-refractivity contribution in [3.05, 3.63) is 52.7 Å². The first kappa shape index (κ1) is 15.1. The van der Waals surface area contributed by atoms with Gasteiger partial charge in [0.1, 0.15) is 11.2 Å². The summed E-state index contributed by atoms with van der Waals surface area (Å²) in [5.74, 6) is 0.411. The van der Waals surface area contributed by atoms with Crippen LogP contribution in [0.25, 0.3) is 11.4 Å². The van der Waals surface area contributed by atoms with E-state index in [1.54, 1.807) is 29.8 Å². The molecule has 1 N–H and O–H groups in total. The van der Waals surface area contributed by atoms with E-state index in [9.17, 15) is 4.79 Å². The number of hydrogen-bond donors (Lipinski definition) is 1. The number of hydrogen-bond acceptors (Lipinski definition) is 8. The van der Waals surface area contributed by atoms with Gasteiger partial charge >= 0.3 is 0 Å². The molecule has 25 heavy (non-hydrogen) atoms. The molecule has 4 rings (SSSR count). The van der Waals surface area contributed by atoms with Crippen LogP contribution >= 0.6 is 11.3 Å². The molecule has 0 aliphatic carbocycles. The molecule has 0 aliphatic rings. The lowest BCUT2D eigenvalue weighted by Crippen LogP contribution is -2.13. The Morgan fingerprint density at radius 1 is 1.20 bits per heavy atom. The van der Waals surface area contributed by atoms with Crippen LogP contribution in [0.15, 0.2) is 42.0 Å². The molecule has 0 fully saturated rings. The maximum Gasteiger partial charge on any atom is 0.267 e. The van der Waals surface area contributed by atoms with Crippen molar-refractivity contribution in [1.29, 1.82) is 0 Å². The Kier molecular flexibility index (Phi) is 3.74. The van der Waals surface area contributed by atoms with E-state index in [2.05, 4.69) is 36.4 Å². The Morgan fingerprint density at radius 2 is 2.12 bits per heavy atom. The highest BCUT2D eigenvalue weighted by Gasteiger charge is 2.16. The van der Waals surface area contributed by atoms with E-state index in [1.165, 1.54) is 22.3 Å². The molecule has 0 radical (unpaired) electrons. The number of nitrogens with one attached hydrogen (secondary N) is 1. The van der Waals surface area contributed by atoms with Gasteiger partial charge in [0.15, 0.2) is 5.82 Å². The standard InChI is InChI=1S/C14H11N9OS/c1-9-17-19-21-23(9)11-4-2-3-10(7-11)16-14(24)13-12(5-6-25-13)22-8-15-18-20-22/h2-8H,1H3,(H,16,24). The van der Waals surface area contributed by atoms with Gasteiger partial charge in [-0.05, 0) is 57.4 Å². The van der Waals surface area contributed by atoms with Crippen molar-refractivity contribution in [1.82, 2.24) is 40.4 Å². The molecule has 0 atom stereocenters. The highest BCUT2D eigenvalue weighted by Crippen LogP contribution is 2.22. The molecular weight excluding hydrogens is 342 g/mol. The van der Waals surface area contributed by atoms with Crippen LogP contribution in [0, 0.1) is 6.92 Å². The first-order chi connectivity index (χ1) is 12.2. The SMILES string of the molecule is Cc1nnnn1-c1cccc(NC(=O)c2sccc2-n2cnnn2)c1. The number of anilines is 1. The molecule has 0 saturated carbocycles. The number of thiophene rings is 1. The van der Waals surface area contributed by atoms with Crippen molar-refractivity contribution in [3.8, 4) is 11.4 Å². The Labute approximate surface area is 145 Å². The minimum Gasteiger partial charge on any atom is -0.321 e. The number of carbonyl (C=O) groups excluding carboxylic acids is 1. The summed E-state index contributed by atoms with van der Waals surface area (Å²) in [5.41, 5.74) is 2.01. The van der Waals surface area contributed by atoms with Crippen molar-refractivity contribution in [3.63, 3.8) is 0 Å². The summed E-state index contributed by atoms with van der Waals surface area (Å²) >= 11 is 1.31. The second-order valence-electron chi connectivity index (χ2n) is 5.03. The second-order valence-corrected chi connectivity index (χ2v) is 5.95. The summed E-state index contributed by atoms with van der Waals surface area (Å²) in [7, 11) is 0. The van der Waals surface area contributed by atoms with E-state index >= 15 is 0 Å². The molecule has 0 bridgehead atoms. The molecule has 0 saturated heterocycles. The number of aromatic nitrogens is 8. The summed E-state index contributed by atoms with van der Waals surface area (Å²) in [6, 6.07) is 9.06. The van der Waals surface area contributed by atoms with Crippen LogP contribution in [0.3, 0.4) is 0 Å². The highest BCUT2D eigenvalue weighted by atomic mass is 32.1. The molecular formula is C14H11N9OS. The molecule has 0 aliphatic heterocycles. The first-order valence-electron chi connectivity index (χ1n) is 7.20. The summed E-state index contributed by atoms with van der Waals surface area (Å²) < 4.78 is 3.04. The second kappa shape index (κ2) is 6.20. The van der Waals surface area contributed by atoms with Crippen LogP contribution in [0.1, 0.15) is 15.5 Å². The first-order valence-corrected chi connectivity index (χ1v) is 8.08. The van der Waals surface area contributed by atoms with E-state index < -0.39 is 0 Å². The van der Waals surface area contributed by atoms with Crippen LogP contribution in [0.2, 0.25) is 0 Å². The zero-order chi connectivity index (χ0) is 17.2. The molecule has 11 heteroatoms. The maximum atomic E-state index is 12.6. The van der Waals surface area contributed by atoms with Crippen molar-refractivity contribution in [2.75, 3.05) is 5.32 Å². The third-order valence-corrected chi connectivity index (χ3v) is 4.32. The van der Waals surface area contributed by atoms with Gasteiger partial charge in [0.2, 0.25) is 0 Å². The van der Waals surface area contributed by atoms with Crippen molar-refractivity contribution in [2.45, 2.75) is 6.92 Å². The number of aryl methyl sites for hydroxylation is 1. The smallest absolute Gasteiger partial charge is 0.267 e. The van der Waals surface area contributed by atoms with Crippen LogP contribution in [-0.2, 0) is 0 Å². The summed E-state index contributed by atoms with van der Waals surface area (Å²) in [4.78, 5) is 13.1. The number of amides is 1. The number of rotatable bonds is 4. The molecule has 1 amide bonds. The molecule has 10 nitrogen and oxygen atoms in total. The van der Waals surface area contributed by atoms with Crippen molar-refractivity contribution in [2.24, 2.45) is 0 Å². The van der Waals surface area contributed by atoms with Crippen LogP contribution in [0.4, 0.5) is 5.69 Å². The average Bonchev–Trinajstić information content (AvgIpc) is 3.36. The largest absolute Gasteiger partial charge is 0.321 e. The quantitative estimate of drug-likeness (QED) is 0.587. The predicted molar refractivity (Wildman–Crippen MR) is 88.9 cm³/mol. The molecule has 1 aromatic carbocycles. The maximum absolute atomic E-state index is 12.6. The minimum absolute atomic E-state index is 0.244. The van der Waals surface area contributed by atoms with E-state index in [-0.39, 0.29) is 5.91 Å². The fraction of sp³-hybridized carbons (Fsp3) is 0.0714. The number of tetrazole rings is 2. The zero-order valence-electron chi connectivity index (χ0n) is 12.9.